The van der Waals surface area contributed by atoms with Crippen molar-refractivity contribution in [3.05, 3.63) is 54.9 Å². The van der Waals surface area contributed by atoms with Gasteiger partial charge in [0.1, 0.15) is 5.75 Å². The predicted octanol–water partition coefficient (Wildman–Crippen LogP) is 3.57. The van der Waals surface area contributed by atoms with Crippen LogP contribution in [0, 0.1) is 0 Å². The normalized spacial score (nSPS) is 10.4. The van der Waals surface area contributed by atoms with Crippen molar-refractivity contribution < 1.29 is 4.74 Å². The topological polar surface area (TPSA) is 60.2 Å². The van der Waals surface area contributed by atoms with Gasteiger partial charge in [-0.05, 0) is 29.7 Å². The average molecular weight is 265 g/mol. The van der Waals surface area contributed by atoms with E-state index in [-0.39, 0.29) is 0 Å². The lowest BCUT2D eigenvalue weighted by atomic mass is 10.1. The first-order valence-corrected chi connectivity index (χ1v) is 6.31. The Morgan fingerprint density at radius 2 is 2.00 bits per heavy atom. The molecule has 1 aromatic heterocycles. The number of methoxy groups -OCH3 is 1. The maximum absolute atomic E-state index is 6.00. The van der Waals surface area contributed by atoms with Crippen LogP contribution < -0.4 is 15.8 Å². The van der Waals surface area contributed by atoms with E-state index in [2.05, 4.69) is 16.4 Å². The van der Waals surface area contributed by atoms with Crippen LogP contribution in [0.1, 0.15) is 0 Å². The highest BCUT2D eigenvalue weighted by Crippen LogP contribution is 2.30. The third-order valence-corrected chi connectivity index (χ3v) is 3.21. The Bertz CT molecular complexity index is 750. The fourth-order valence-corrected chi connectivity index (χ4v) is 2.14. The Morgan fingerprint density at radius 3 is 2.85 bits per heavy atom. The van der Waals surface area contributed by atoms with Crippen LogP contribution in [0.4, 0.5) is 17.1 Å². The van der Waals surface area contributed by atoms with Crippen LogP contribution in [0.25, 0.3) is 10.8 Å². The number of anilines is 3. The van der Waals surface area contributed by atoms with Gasteiger partial charge in [-0.15, -0.1) is 0 Å². The molecule has 3 rings (SSSR count). The summed E-state index contributed by atoms with van der Waals surface area (Å²) in [4.78, 5) is 4.18. The fraction of sp³-hybridized carbons (Fsp3) is 0.0625. The number of fused-ring (bicyclic) bond motifs is 1. The highest BCUT2D eigenvalue weighted by molar-refractivity contribution is 5.95. The van der Waals surface area contributed by atoms with Gasteiger partial charge >= 0.3 is 0 Å². The highest BCUT2D eigenvalue weighted by atomic mass is 16.5. The van der Waals surface area contributed by atoms with Gasteiger partial charge in [0.25, 0.3) is 0 Å². The fourth-order valence-electron chi connectivity index (χ4n) is 2.14. The molecule has 20 heavy (non-hydrogen) atoms. The maximum atomic E-state index is 6.00. The average Bonchev–Trinajstić information content (AvgIpc) is 2.50. The molecule has 0 aliphatic rings. The molecule has 0 aliphatic carbocycles. The van der Waals surface area contributed by atoms with Gasteiger partial charge in [0, 0.05) is 29.5 Å². The molecule has 4 nitrogen and oxygen atoms in total. The number of hydrogen-bond acceptors (Lipinski definition) is 4. The largest absolute Gasteiger partial charge is 0.497 e. The molecule has 3 aromatic rings. The molecule has 0 amide bonds. The second kappa shape index (κ2) is 5.09. The number of ether oxygens (including phenoxy) is 1. The molecular weight excluding hydrogens is 250 g/mol. The van der Waals surface area contributed by atoms with Crippen molar-refractivity contribution in [2.24, 2.45) is 0 Å². The Kier molecular flexibility index (Phi) is 3.13. The molecule has 0 saturated heterocycles. The maximum Gasteiger partial charge on any atom is 0.121 e. The zero-order valence-electron chi connectivity index (χ0n) is 11.1. The van der Waals surface area contributed by atoms with Crippen LogP contribution in [0.15, 0.2) is 54.9 Å². The van der Waals surface area contributed by atoms with E-state index in [1.165, 1.54) is 0 Å². The summed E-state index contributed by atoms with van der Waals surface area (Å²) >= 11 is 0. The van der Waals surface area contributed by atoms with E-state index < -0.39 is 0 Å². The number of nitrogen functional groups attached to an aromatic ring is 1. The van der Waals surface area contributed by atoms with Crippen molar-refractivity contribution in [2.75, 3.05) is 18.2 Å². The van der Waals surface area contributed by atoms with Crippen molar-refractivity contribution in [3.63, 3.8) is 0 Å². The van der Waals surface area contributed by atoms with Crippen LogP contribution in [0.5, 0.6) is 5.75 Å². The molecule has 2 aromatic carbocycles. The number of benzene rings is 2. The molecule has 0 radical (unpaired) electrons. The third kappa shape index (κ3) is 2.23. The molecule has 0 spiro atoms. The Balaban J connectivity index is 2.05. The molecule has 4 heteroatoms. The van der Waals surface area contributed by atoms with Gasteiger partial charge in [-0.1, -0.05) is 12.1 Å². The molecule has 3 N–H and O–H groups in total. The van der Waals surface area contributed by atoms with E-state index >= 15 is 0 Å². The van der Waals surface area contributed by atoms with Crippen molar-refractivity contribution in [1.29, 1.82) is 0 Å². The quantitative estimate of drug-likeness (QED) is 0.711. The summed E-state index contributed by atoms with van der Waals surface area (Å²) < 4.78 is 5.23. The van der Waals surface area contributed by atoms with Gasteiger partial charge in [0.05, 0.1) is 18.5 Å². The highest BCUT2D eigenvalue weighted by Gasteiger charge is 2.05. The lowest BCUT2D eigenvalue weighted by molar-refractivity contribution is 0.415. The molecule has 100 valence electrons. The van der Waals surface area contributed by atoms with Gasteiger partial charge in [0.15, 0.2) is 0 Å². The van der Waals surface area contributed by atoms with Crippen LogP contribution in [-0.4, -0.2) is 12.1 Å². The number of aromatic nitrogens is 1. The lowest BCUT2D eigenvalue weighted by Crippen LogP contribution is -1.97. The SMILES string of the molecule is COc1ccc(N)c(Nc2cccc3ccncc23)c1. The van der Waals surface area contributed by atoms with Gasteiger partial charge in [-0.3, -0.25) is 4.98 Å². The molecule has 1 heterocycles. The summed E-state index contributed by atoms with van der Waals surface area (Å²) in [5.74, 6) is 0.764. The standard InChI is InChI=1S/C16H15N3O/c1-20-12-5-6-14(17)16(9-12)19-15-4-2-3-11-7-8-18-10-13(11)15/h2-10,19H,17H2,1H3. The molecule has 0 atom stereocenters. The summed E-state index contributed by atoms with van der Waals surface area (Å²) in [5.41, 5.74) is 8.46. The molecule has 0 fully saturated rings. The van der Waals surface area contributed by atoms with Crippen molar-refractivity contribution >= 4 is 27.8 Å². The smallest absolute Gasteiger partial charge is 0.121 e. The number of pyridine rings is 1. The monoisotopic (exact) mass is 265 g/mol. The van der Waals surface area contributed by atoms with Gasteiger partial charge in [-0.25, -0.2) is 0 Å². The van der Waals surface area contributed by atoms with Gasteiger partial charge in [-0.2, -0.15) is 0 Å². The molecule has 0 aliphatic heterocycles. The van der Waals surface area contributed by atoms with E-state index in [9.17, 15) is 0 Å². The minimum absolute atomic E-state index is 0.673. The number of hydrogen-bond donors (Lipinski definition) is 2. The van der Waals surface area contributed by atoms with Crippen LogP contribution in [-0.2, 0) is 0 Å². The first-order chi connectivity index (χ1) is 9.78. The Hall–Kier alpha value is -2.75. The zero-order valence-corrected chi connectivity index (χ0v) is 11.1. The first-order valence-electron chi connectivity index (χ1n) is 6.31. The Morgan fingerprint density at radius 1 is 1.10 bits per heavy atom. The summed E-state index contributed by atoms with van der Waals surface area (Å²) in [6.45, 7) is 0. The minimum Gasteiger partial charge on any atom is -0.497 e. The first kappa shape index (κ1) is 12.3. The zero-order chi connectivity index (χ0) is 13.9. The van der Waals surface area contributed by atoms with E-state index in [0.717, 1.165) is 27.9 Å². The summed E-state index contributed by atoms with van der Waals surface area (Å²) in [5, 5.41) is 5.53. The summed E-state index contributed by atoms with van der Waals surface area (Å²) in [7, 11) is 1.64. The second-order valence-corrected chi connectivity index (χ2v) is 4.48. The molecule has 0 bridgehead atoms. The van der Waals surface area contributed by atoms with Crippen LogP contribution in [0.3, 0.4) is 0 Å². The molecule has 0 saturated carbocycles. The predicted molar refractivity (Wildman–Crippen MR) is 82.4 cm³/mol. The van der Waals surface area contributed by atoms with Crippen LogP contribution >= 0.6 is 0 Å². The van der Waals surface area contributed by atoms with Crippen molar-refractivity contribution in [1.82, 2.24) is 4.98 Å². The number of rotatable bonds is 3. The Labute approximate surface area is 117 Å². The van der Waals surface area contributed by atoms with Gasteiger partial charge in [0.2, 0.25) is 0 Å². The summed E-state index contributed by atoms with van der Waals surface area (Å²) in [6.07, 6.45) is 3.63. The summed E-state index contributed by atoms with van der Waals surface area (Å²) in [6, 6.07) is 13.6. The number of nitrogens with two attached hydrogens (primary N) is 1. The second-order valence-electron chi connectivity index (χ2n) is 4.48. The van der Waals surface area contributed by atoms with E-state index in [1.54, 1.807) is 13.3 Å². The minimum atomic E-state index is 0.673. The molecule has 0 unspecified atom stereocenters. The van der Waals surface area contributed by atoms with E-state index in [1.807, 2.05) is 42.6 Å². The van der Waals surface area contributed by atoms with E-state index in [4.69, 9.17) is 10.5 Å². The van der Waals surface area contributed by atoms with Crippen molar-refractivity contribution in [3.8, 4) is 5.75 Å². The van der Waals surface area contributed by atoms with Crippen LogP contribution in [0.2, 0.25) is 0 Å². The third-order valence-electron chi connectivity index (χ3n) is 3.21. The number of nitrogens with one attached hydrogen (secondary N) is 1. The lowest BCUT2D eigenvalue weighted by Gasteiger charge is -2.12. The molecular formula is C16H15N3O. The van der Waals surface area contributed by atoms with Gasteiger partial charge < -0.3 is 15.8 Å². The van der Waals surface area contributed by atoms with Crippen molar-refractivity contribution in [2.45, 2.75) is 0 Å². The van der Waals surface area contributed by atoms with E-state index in [0.29, 0.717) is 5.69 Å². The number of nitrogens with zero attached hydrogens (tertiary/aromatic N) is 1.